The zero-order valence-electron chi connectivity index (χ0n) is 9.39. The molecule has 2 rings (SSSR count). The Kier molecular flexibility index (Phi) is 3.24. The number of carbonyl (C=O) groups is 1. The van der Waals surface area contributed by atoms with E-state index in [0.29, 0.717) is 5.92 Å². The smallest absolute Gasteiger partial charge is 0.225 e. The van der Waals surface area contributed by atoms with Crippen molar-refractivity contribution in [2.75, 3.05) is 6.54 Å². The zero-order valence-corrected chi connectivity index (χ0v) is 10.1. The van der Waals surface area contributed by atoms with E-state index in [0.717, 1.165) is 25.8 Å². The summed E-state index contributed by atoms with van der Waals surface area (Å²) in [5, 5.41) is 3.33. The van der Waals surface area contributed by atoms with E-state index in [1.54, 1.807) is 0 Å². The number of hydrogen-bond donors (Lipinski definition) is 1. The van der Waals surface area contributed by atoms with Gasteiger partial charge in [0.25, 0.3) is 0 Å². The first-order chi connectivity index (χ1) is 7.12. The number of carbonyl (C=O) groups excluding carboxylic acids is 1. The third-order valence-corrected chi connectivity index (χ3v) is 4.46. The van der Waals surface area contributed by atoms with Crippen molar-refractivity contribution in [3.8, 4) is 0 Å². The second-order valence-corrected chi connectivity index (χ2v) is 5.89. The van der Waals surface area contributed by atoms with Crippen LogP contribution in [-0.4, -0.2) is 17.8 Å². The first kappa shape index (κ1) is 11.3. The number of halogens is 1. The van der Waals surface area contributed by atoms with Crippen LogP contribution in [-0.2, 0) is 4.79 Å². The van der Waals surface area contributed by atoms with Crippen LogP contribution in [0.25, 0.3) is 0 Å². The summed E-state index contributed by atoms with van der Waals surface area (Å²) in [7, 11) is 0. The molecule has 2 fully saturated rings. The molecule has 15 heavy (non-hydrogen) atoms. The highest BCUT2D eigenvalue weighted by atomic mass is 35.5. The summed E-state index contributed by atoms with van der Waals surface area (Å²) in [4.78, 5) is 11.7. The van der Waals surface area contributed by atoms with E-state index in [9.17, 15) is 4.79 Å². The predicted molar refractivity (Wildman–Crippen MR) is 61.9 cm³/mol. The Morgan fingerprint density at radius 3 is 2.67 bits per heavy atom. The topological polar surface area (TPSA) is 29.1 Å². The molecule has 0 aromatic heterocycles. The van der Waals surface area contributed by atoms with Crippen molar-refractivity contribution in [3.05, 3.63) is 0 Å². The number of alkyl halides is 1. The van der Waals surface area contributed by atoms with Gasteiger partial charge in [0, 0.05) is 17.3 Å². The number of nitrogens with one attached hydrogen (secondary N) is 1. The van der Waals surface area contributed by atoms with Crippen LogP contribution in [0.1, 0.15) is 45.4 Å². The molecule has 0 aliphatic heterocycles. The molecule has 0 bridgehead atoms. The molecule has 2 atom stereocenters. The fourth-order valence-electron chi connectivity index (χ4n) is 2.24. The second kappa shape index (κ2) is 4.32. The van der Waals surface area contributed by atoms with Gasteiger partial charge in [-0.25, -0.2) is 0 Å². The largest absolute Gasteiger partial charge is 0.355 e. The average molecular weight is 230 g/mol. The highest BCUT2D eigenvalue weighted by Crippen LogP contribution is 2.45. The minimum Gasteiger partial charge on any atom is -0.355 e. The molecular formula is C12H20ClNO. The summed E-state index contributed by atoms with van der Waals surface area (Å²) in [5.74, 6) is 0.726. The summed E-state index contributed by atoms with van der Waals surface area (Å²) >= 11 is 6.24. The molecule has 3 heteroatoms. The Morgan fingerprint density at radius 2 is 2.07 bits per heavy atom. The summed E-state index contributed by atoms with van der Waals surface area (Å²) in [6.07, 6.45) is 6.89. The molecule has 2 nitrogen and oxygen atoms in total. The van der Waals surface area contributed by atoms with Gasteiger partial charge in [-0.05, 0) is 31.6 Å². The fourth-order valence-corrected chi connectivity index (χ4v) is 2.61. The van der Waals surface area contributed by atoms with Crippen molar-refractivity contribution < 1.29 is 4.79 Å². The van der Waals surface area contributed by atoms with Crippen molar-refractivity contribution in [1.29, 1.82) is 0 Å². The van der Waals surface area contributed by atoms with Crippen LogP contribution in [0.5, 0.6) is 0 Å². The van der Waals surface area contributed by atoms with E-state index in [-0.39, 0.29) is 16.7 Å². The molecule has 1 N–H and O–H groups in total. The molecule has 0 aromatic rings. The lowest BCUT2D eigenvalue weighted by atomic mass is 9.88. The van der Waals surface area contributed by atoms with E-state index in [2.05, 4.69) is 5.32 Å². The van der Waals surface area contributed by atoms with Gasteiger partial charge in [0.15, 0.2) is 0 Å². The van der Waals surface area contributed by atoms with E-state index >= 15 is 0 Å². The number of rotatable bonds is 3. The molecule has 0 aromatic carbocycles. The highest BCUT2D eigenvalue weighted by Gasteiger charge is 2.44. The van der Waals surface area contributed by atoms with Crippen molar-refractivity contribution in [3.63, 3.8) is 0 Å². The fraction of sp³-hybridized carbons (Fsp3) is 0.917. The Bertz CT molecular complexity index is 250. The van der Waals surface area contributed by atoms with Crippen molar-refractivity contribution in [2.24, 2.45) is 11.3 Å². The van der Waals surface area contributed by atoms with Crippen LogP contribution in [0, 0.1) is 11.3 Å². The Balaban J connectivity index is 1.74. The van der Waals surface area contributed by atoms with Gasteiger partial charge in [0.2, 0.25) is 5.91 Å². The van der Waals surface area contributed by atoms with Crippen molar-refractivity contribution in [1.82, 2.24) is 5.32 Å². The molecule has 0 spiro atoms. The quantitative estimate of drug-likeness (QED) is 0.741. The predicted octanol–water partition coefficient (Wildman–Crippen LogP) is 2.70. The van der Waals surface area contributed by atoms with Gasteiger partial charge >= 0.3 is 0 Å². The molecule has 2 aliphatic carbocycles. The zero-order chi connectivity index (χ0) is 10.9. The van der Waals surface area contributed by atoms with Gasteiger partial charge < -0.3 is 5.32 Å². The SMILES string of the molecule is CC1(C(=O)NCC2CCCCC2Cl)CC1. The summed E-state index contributed by atoms with van der Waals surface area (Å²) in [6.45, 7) is 2.82. The average Bonchev–Trinajstić information content (AvgIpc) is 2.96. The van der Waals surface area contributed by atoms with Crippen LogP contribution < -0.4 is 5.32 Å². The van der Waals surface area contributed by atoms with Gasteiger partial charge in [-0.2, -0.15) is 0 Å². The van der Waals surface area contributed by atoms with Crippen LogP contribution in [0.2, 0.25) is 0 Å². The number of amides is 1. The normalized spacial score (nSPS) is 33.5. The first-order valence-electron chi connectivity index (χ1n) is 6.04. The molecule has 0 saturated heterocycles. The monoisotopic (exact) mass is 229 g/mol. The second-order valence-electron chi connectivity index (χ2n) is 5.33. The van der Waals surface area contributed by atoms with Gasteiger partial charge in [-0.1, -0.05) is 19.8 Å². The summed E-state index contributed by atoms with van der Waals surface area (Å²) < 4.78 is 0. The molecule has 2 saturated carbocycles. The van der Waals surface area contributed by atoms with E-state index in [1.807, 2.05) is 6.92 Å². The molecule has 0 radical (unpaired) electrons. The molecule has 86 valence electrons. The molecule has 0 heterocycles. The maximum Gasteiger partial charge on any atom is 0.225 e. The Labute approximate surface area is 96.8 Å². The third-order valence-electron chi connectivity index (χ3n) is 3.89. The van der Waals surface area contributed by atoms with E-state index < -0.39 is 0 Å². The van der Waals surface area contributed by atoms with Crippen LogP contribution in [0.3, 0.4) is 0 Å². The van der Waals surface area contributed by atoms with E-state index in [4.69, 9.17) is 11.6 Å². The number of hydrogen-bond acceptors (Lipinski definition) is 1. The van der Waals surface area contributed by atoms with E-state index in [1.165, 1.54) is 19.3 Å². The van der Waals surface area contributed by atoms with Gasteiger partial charge in [0.1, 0.15) is 0 Å². The minimum atomic E-state index is -0.0452. The molecular weight excluding hydrogens is 210 g/mol. The summed E-state index contributed by atoms with van der Waals surface area (Å²) in [6, 6.07) is 0. The van der Waals surface area contributed by atoms with Gasteiger partial charge in [-0.15, -0.1) is 11.6 Å². The standard InChI is InChI=1S/C12H20ClNO/c1-12(6-7-12)11(15)14-8-9-4-2-3-5-10(9)13/h9-10H,2-8H2,1H3,(H,14,15). The van der Waals surface area contributed by atoms with Gasteiger partial charge in [-0.3, -0.25) is 4.79 Å². The van der Waals surface area contributed by atoms with Crippen LogP contribution in [0.4, 0.5) is 0 Å². The Morgan fingerprint density at radius 1 is 1.40 bits per heavy atom. The first-order valence-corrected chi connectivity index (χ1v) is 6.48. The minimum absolute atomic E-state index is 0.0452. The van der Waals surface area contributed by atoms with Crippen LogP contribution in [0.15, 0.2) is 0 Å². The maximum atomic E-state index is 11.7. The Hall–Kier alpha value is -0.240. The summed E-state index contributed by atoms with van der Waals surface area (Å²) in [5.41, 5.74) is -0.0452. The highest BCUT2D eigenvalue weighted by molar-refractivity contribution is 6.20. The van der Waals surface area contributed by atoms with Crippen LogP contribution >= 0.6 is 11.6 Å². The molecule has 2 unspecified atom stereocenters. The molecule has 1 amide bonds. The van der Waals surface area contributed by atoms with Crippen molar-refractivity contribution in [2.45, 2.75) is 50.8 Å². The third kappa shape index (κ3) is 2.66. The lowest BCUT2D eigenvalue weighted by molar-refractivity contribution is -0.125. The van der Waals surface area contributed by atoms with Gasteiger partial charge in [0.05, 0.1) is 0 Å². The molecule has 2 aliphatic rings. The lowest BCUT2D eigenvalue weighted by Gasteiger charge is -2.27. The lowest BCUT2D eigenvalue weighted by Crippen LogP contribution is -2.37. The maximum absolute atomic E-state index is 11.7. The van der Waals surface area contributed by atoms with Crippen molar-refractivity contribution >= 4 is 17.5 Å².